The number of halogens is 2. The third-order valence-corrected chi connectivity index (χ3v) is 14.8. The molecule has 0 radical (unpaired) electrons. The second-order valence-electron chi connectivity index (χ2n) is 2.64. The number of hydrogen-bond donors (Lipinski definition) is 0. The van der Waals surface area contributed by atoms with Crippen molar-refractivity contribution in [2.75, 3.05) is 14.1 Å². The molecule has 0 rings (SSSR count). The van der Waals surface area contributed by atoms with Crippen molar-refractivity contribution in [2.24, 2.45) is 0 Å². The van der Waals surface area contributed by atoms with Crippen molar-refractivity contribution in [1.82, 2.24) is 3.86 Å². The van der Waals surface area contributed by atoms with E-state index in [1.54, 1.807) is 0 Å². The molecule has 0 spiro atoms. The van der Waals surface area contributed by atoms with Gasteiger partial charge in [0.05, 0.1) is 0 Å². The maximum atomic E-state index is 6.08. The summed E-state index contributed by atoms with van der Waals surface area (Å²) >= 11 is -2.56. The Morgan fingerprint density at radius 2 is 1.56 bits per heavy atom. The zero-order valence-corrected chi connectivity index (χ0v) is 9.89. The van der Waals surface area contributed by atoms with E-state index < -0.39 is 11.6 Å². The zero-order valence-electron chi connectivity index (χ0n) is 6.28. The van der Waals surface area contributed by atoms with Crippen LogP contribution in [0.1, 0.15) is 13.8 Å². The van der Waals surface area contributed by atoms with Gasteiger partial charge in [-0.2, -0.15) is 0 Å². The topological polar surface area (TPSA) is 3.24 Å². The van der Waals surface area contributed by atoms with Gasteiger partial charge >= 0.3 is 68.2 Å². The Morgan fingerprint density at radius 3 is 1.56 bits per heavy atom. The van der Waals surface area contributed by atoms with Crippen LogP contribution in [0.5, 0.6) is 0 Å². The van der Waals surface area contributed by atoms with Gasteiger partial charge in [0.25, 0.3) is 0 Å². The van der Waals surface area contributed by atoms with E-state index in [0.717, 1.165) is 0 Å². The van der Waals surface area contributed by atoms with Gasteiger partial charge in [0.1, 0.15) is 0 Å². The molecule has 56 valence electrons. The SMILES string of the molecule is C[CH](C)[Ge]([Cl])([Cl])[N](C)C. The molecule has 0 heterocycles. The minimum absolute atomic E-state index is 0.434. The van der Waals surface area contributed by atoms with Crippen LogP contribution in [-0.4, -0.2) is 29.6 Å². The number of rotatable bonds is 2. The molecule has 0 aromatic carbocycles. The summed E-state index contributed by atoms with van der Waals surface area (Å²) in [4.78, 5) is 0. The quantitative estimate of drug-likeness (QED) is 0.659. The van der Waals surface area contributed by atoms with Crippen LogP contribution in [0.15, 0.2) is 0 Å². The average molecular weight is 231 g/mol. The monoisotopic (exact) mass is 231 g/mol. The summed E-state index contributed by atoms with van der Waals surface area (Å²) in [6.07, 6.45) is 0. The normalized spacial score (nSPS) is 13.3. The van der Waals surface area contributed by atoms with E-state index in [1.165, 1.54) is 0 Å². The van der Waals surface area contributed by atoms with Gasteiger partial charge in [-0.1, -0.05) is 0 Å². The van der Waals surface area contributed by atoms with Crippen LogP contribution >= 0.6 is 20.0 Å². The van der Waals surface area contributed by atoms with Crippen molar-refractivity contribution in [3.05, 3.63) is 0 Å². The van der Waals surface area contributed by atoms with Gasteiger partial charge in [-0.15, -0.1) is 0 Å². The van der Waals surface area contributed by atoms with E-state index in [-0.39, 0.29) is 0 Å². The van der Waals surface area contributed by atoms with Crippen LogP contribution in [0.3, 0.4) is 0 Å². The van der Waals surface area contributed by atoms with Crippen molar-refractivity contribution in [2.45, 2.75) is 18.6 Å². The molecule has 0 fully saturated rings. The van der Waals surface area contributed by atoms with E-state index >= 15 is 0 Å². The van der Waals surface area contributed by atoms with Crippen molar-refractivity contribution < 1.29 is 0 Å². The summed E-state index contributed by atoms with van der Waals surface area (Å²) in [5.74, 6) is 0. The van der Waals surface area contributed by atoms with E-state index in [9.17, 15) is 0 Å². The van der Waals surface area contributed by atoms with Gasteiger partial charge < -0.3 is 0 Å². The second-order valence-corrected chi connectivity index (χ2v) is 16.4. The molecule has 9 heavy (non-hydrogen) atoms. The molecule has 0 aliphatic carbocycles. The summed E-state index contributed by atoms with van der Waals surface area (Å²) in [7, 11) is 16.1. The van der Waals surface area contributed by atoms with Crippen LogP contribution in [0, 0.1) is 0 Å². The van der Waals surface area contributed by atoms with Gasteiger partial charge in [-0.05, 0) is 0 Å². The van der Waals surface area contributed by atoms with Crippen LogP contribution < -0.4 is 0 Å². The average Bonchev–Trinajstić information content (AvgIpc) is 1.65. The first-order valence-corrected chi connectivity index (χ1v) is 10.6. The molecular formula is C5H13Cl2GeN. The van der Waals surface area contributed by atoms with Gasteiger partial charge in [-0.3, -0.25) is 0 Å². The van der Waals surface area contributed by atoms with Crippen LogP contribution in [-0.2, 0) is 0 Å². The van der Waals surface area contributed by atoms with Gasteiger partial charge in [0.15, 0.2) is 0 Å². The fraction of sp³-hybridized carbons (Fsp3) is 1.00. The van der Waals surface area contributed by atoms with Crippen LogP contribution in [0.25, 0.3) is 0 Å². The van der Waals surface area contributed by atoms with Crippen LogP contribution in [0.2, 0.25) is 4.75 Å². The fourth-order valence-electron chi connectivity index (χ4n) is 0.516. The van der Waals surface area contributed by atoms with E-state index in [1.807, 2.05) is 18.0 Å². The minimum atomic E-state index is -2.56. The molecule has 0 aromatic rings. The molecule has 1 nitrogen and oxygen atoms in total. The summed E-state index contributed by atoms with van der Waals surface area (Å²) in [6.45, 7) is 4.14. The third kappa shape index (κ3) is 2.66. The first kappa shape index (κ1) is 10.1. The number of nitrogens with zero attached hydrogens (tertiary/aromatic N) is 1. The van der Waals surface area contributed by atoms with E-state index in [4.69, 9.17) is 20.0 Å². The first-order valence-electron chi connectivity index (χ1n) is 2.94. The van der Waals surface area contributed by atoms with Crippen molar-refractivity contribution in [1.29, 1.82) is 0 Å². The molecule has 0 unspecified atom stereocenters. The number of hydrogen-bond acceptors (Lipinski definition) is 1. The molecule has 0 N–H and O–H groups in total. The predicted octanol–water partition coefficient (Wildman–Crippen LogP) is 2.37. The van der Waals surface area contributed by atoms with Crippen molar-refractivity contribution >= 4 is 31.6 Å². The molecular weight excluding hydrogens is 218 g/mol. The first-order chi connectivity index (χ1) is 3.89. The van der Waals surface area contributed by atoms with Gasteiger partial charge in [0, 0.05) is 0 Å². The summed E-state index contributed by atoms with van der Waals surface area (Å²) in [5.41, 5.74) is 0. The fourth-order valence-corrected chi connectivity index (χ4v) is 2.68. The van der Waals surface area contributed by atoms with E-state index in [2.05, 4.69) is 13.8 Å². The Morgan fingerprint density at radius 1 is 1.22 bits per heavy atom. The molecule has 0 aromatic heterocycles. The molecule has 0 saturated carbocycles. The van der Waals surface area contributed by atoms with Gasteiger partial charge in [-0.25, -0.2) is 0 Å². The molecule has 0 bridgehead atoms. The Balaban J connectivity index is 4.01. The molecule has 0 atom stereocenters. The van der Waals surface area contributed by atoms with E-state index in [0.29, 0.717) is 4.75 Å². The summed E-state index contributed by atoms with van der Waals surface area (Å²) < 4.78 is 2.41. The summed E-state index contributed by atoms with van der Waals surface area (Å²) in [5, 5.41) is 0. The standard InChI is InChI=1S/C5H13Cl2GeN/c1-5(2)8(6,7)9(3)4/h5H,1-4H3. The predicted molar refractivity (Wildman–Crippen MR) is 46.2 cm³/mol. The molecule has 0 saturated heterocycles. The van der Waals surface area contributed by atoms with Crippen molar-refractivity contribution in [3.8, 4) is 0 Å². The summed E-state index contributed by atoms with van der Waals surface area (Å²) in [6, 6.07) is 0. The molecule has 0 aliphatic rings. The van der Waals surface area contributed by atoms with Gasteiger partial charge in [0.2, 0.25) is 0 Å². The Hall–Kier alpha value is 1.08. The third-order valence-electron chi connectivity index (χ3n) is 1.29. The Kier molecular flexibility index (Phi) is 3.88. The molecule has 0 amide bonds. The maximum absolute atomic E-state index is 6.08. The molecule has 0 aliphatic heterocycles. The second kappa shape index (κ2) is 3.47. The van der Waals surface area contributed by atoms with Crippen molar-refractivity contribution in [3.63, 3.8) is 0 Å². The zero-order chi connectivity index (χ0) is 7.65. The van der Waals surface area contributed by atoms with Crippen LogP contribution in [0.4, 0.5) is 0 Å². The Labute approximate surface area is 68.3 Å². The Bertz CT molecular complexity index is 83.0. The molecule has 4 heteroatoms.